The number of hydrogen-bond acceptors (Lipinski definition) is 6. The fourth-order valence-electron chi connectivity index (χ4n) is 1.97. The van der Waals surface area contributed by atoms with Gasteiger partial charge < -0.3 is 20.5 Å². The number of amides is 1. The van der Waals surface area contributed by atoms with Crippen LogP contribution in [0.4, 0.5) is 5.82 Å². The van der Waals surface area contributed by atoms with Crippen LogP contribution in [0.2, 0.25) is 0 Å². The van der Waals surface area contributed by atoms with Gasteiger partial charge in [0.05, 0.1) is 12.7 Å². The zero-order valence-corrected chi connectivity index (χ0v) is 11.4. The molecule has 7 heteroatoms. The van der Waals surface area contributed by atoms with E-state index in [0.717, 1.165) is 25.9 Å². The maximum Gasteiger partial charge on any atom is 0.273 e. The quantitative estimate of drug-likeness (QED) is 0.700. The number of aromatic nitrogens is 2. The molecule has 2 rings (SSSR count). The molecule has 0 saturated carbocycles. The minimum absolute atomic E-state index is 0.139. The molecule has 20 heavy (non-hydrogen) atoms. The van der Waals surface area contributed by atoms with Crippen LogP contribution in [0.25, 0.3) is 0 Å². The van der Waals surface area contributed by atoms with Crippen molar-refractivity contribution in [3.05, 3.63) is 18.1 Å². The second-order valence-electron chi connectivity index (χ2n) is 4.61. The number of ether oxygens (including phenoxy) is 2. The number of nitrogens with two attached hydrogens (primary N) is 1. The van der Waals surface area contributed by atoms with E-state index in [1.54, 1.807) is 0 Å². The molecule has 0 spiro atoms. The molecule has 7 nitrogen and oxygen atoms in total. The Morgan fingerprint density at radius 3 is 3.10 bits per heavy atom. The Balaban J connectivity index is 1.56. The first kappa shape index (κ1) is 14.7. The van der Waals surface area contributed by atoms with E-state index in [-0.39, 0.29) is 23.5 Å². The van der Waals surface area contributed by atoms with Gasteiger partial charge in [0.25, 0.3) is 5.91 Å². The van der Waals surface area contributed by atoms with Crippen molar-refractivity contribution in [2.45, 2.75) is 25.4 Å². The fraction of sp³-hybridized carbons (Fsp3) is 0.615. The lowest BCUT2D eigenvalue weighted by atomic mass is 10.2. The Labute approximate surface area is 117 Å². The predicted molar refractivity (Wildman–Crippen MR) is 73.2 cm³/mol. The number of carbonyl (C=O) groups is 1. The molecule has 1 aliphatic rings. The summed E-state index contributed by atoms with van der Waals surface area (Å²) >= 11 is 0. The predicted octanol–water partition coefficient (Wildman–Crippen LogP) is 0.374. The molecule has 110 valence electrons. The Bertz CT molecular complexity index is 435. The van der Waals surface area contributed by atoms with Crippen LogP contribution in [0.5, 0.6) is 0 Å². The smallest absolute Gasteiger partial charge is 0.273 e. The largest absolute Gasteiger partial charge is 0.382 e. The molecule has 3 N–H and O–H groups in total. The zero-order valence-electron chi connectivity index (χ0n) is 11.4. The third-order valence-corrected chi connectivity index (χ3v) is 3.02. The van der Waals surface area contributed by atoms with Crippen LogP contribution in [-0.2, 0) is 9.47 Å². The SMILES string of the molecule is Nc1nccnc1C(=O)NCCCOCC1CCCO1. The fourth-order valence-corrected chi connectivity index (χ4v) is 1.97. The maximum absolute atomic E-state index is 11.8. The zero-order chi connectivity index (χ0) is 14.2. The molecule has 1 aromatic heterocycles. The first-order chi connectivity index (χ1) is 9.77. The molecule has 1 amide bonds. The van der Waals surface area contributed by atoms with Crippen molar-refractivity contribution in [2.75, 3.05) is 32.1 Å². The van der Waals surface area contributed by atoms with E-state index in [4.69, 9.17) is 15.2 Å². The van der Waals surface area contributed by atoms with Crippen LogP contribution in [0.1, 0.15) is 29.8 Å². The van der Waals surface area contributed by atoms with Crippen LogP contribution in [0, 0.1) is 0 Å². The van der Waals surface area contributed by atoms with E-state index in [1.165, 1.54) is 12.4 Å². The van der Waals surface area contributed by atoms with Crippen LogP contribution in [0.15, 0.2) is 12.4 Å². The first-order valence-electron chi connectivity index (χ1n) is 6.81. The van der Waals surface area contributed by atoms with Crippen molar-refractivity contribution in [3.63, 3.8) is 0 Å². The number of nitrogens with zero attached hydrogens (tertiary/aromatic N) is 2. The highest BCUT2D eigenvalue weighted by Gasteiger charge is 2.15. The van der Waals surface area contributed by atoms with E-state index in [1.807, 2.05) is 0 Å². The van der Waals surface area contributed by atoms with E-state index in [0.29, 0.717) is 19.8 Å². The second kappa shape index (κ2) is 7.76. The third-order valence-electron chi connectivity index (χ3n) is 3.02. The van der Waals surface area contributed by atoms with E-state index in [2.05, 4.69) is 15.3 Å². The van der Waals surface area contributed by atoms with Gasteiger partial charge in [0.1, 0.15) is 0 Å². The number of nitrogens with one attached hydrogen (secondary N) is 1. The summed E-state index contributed by atoms with van der Waals surface area (Å²) in [6, 6.07) is 0. The van der Waals surface area contributed by atoms with Gasteiger partial charge in [-0.3, -0.25) is 4.79 Å². The van der Waals surface area contributed by atoms with Crippen LogP contribution >= 0.6 is 0 Å². The standard InChI is InChI=1S/C13H20N4O3/c14-12-11(15-5-6-16-12)13(18)17-4-2-7-19-9-10-3-1-8-20-10/h5-6,10H,1-4,7-9H2,(H2,14,16)(H,17,18). The summed E-state index contributed by atoms with van der Waals surface area (Å²) in [7, 11) is 0. The van der Waals surface area contributed by atoms with Gasteiger partial charge in [-0.2, -0.15) is 0 Å². The van der Waals surface area contributed by atoms with Gasteiger partial charge in [0, 0.05) is 32.2 Å². The van der Waals surface area contributed by atoms with Gasteiger partial charge in [0.15, 0.2) is 11.5 Å². The van der Waals surface area contributed by atoms with Crippen LogP contribution in [-0.4, -0.2) is 48.3 Å². The lowest BCUT2D eigenvalue weighted by Gasteiger charge is -2.10. The molecule has 2 heterocycles. The molecule has 1 unspecified atom stereocenters. The summed E-state index contributed by atoms with van der Waals surface area (Å²) < 4.78 is 10.9. The molecular weight excluding hydrogens is 260 g/mol. The van der Waals surface area contributed by atoms with E-state index >= 15 is 0 Å². The maximum atomic E-state index is 11.8. The van der Waals surface area contributed by atoms with Crippen molar-refractivity contribution in [1.29, 1.82) is 0 Å². The van der Waals surface area contributed by atoms with Crippen molar-refractivity contribution in [3.8, 4) is 0 Å². The normalized spacial score (nSPS) is 18.1. The highest BCUT2D eigenvalue weighted by atomic mass is 16.5. The van der Waals surface area contributed by atoms with Crippen LogP contribution < -0.4 is 11.1 Å². The van der Waals surface area contributed by atoms with Gasteiger partial charge in [-0.05, 0) is 19.3 Å². The van der Waals surface area contributed by atoms with Crippen molar-refractivity contribution in [2.24, 2.45) is 0 Å². The molecule has 1 fully saturated rings. The summed E-state index contributed by atoms with van der Waals surface area (Å²) in [4.78, 5) is 19.5. The molecule has 1 saturated heterocycles. The molecule has 0 bridgehead atoms. The molecule has 0 aliphatic carbocycles. The van der Waals surface area contributed by atoms with Gasteiger partial charge >= 0.3 is 0 Å². The summed E-state index contributed by atoms with van der Waals surface area (Å²) in [5, 5.41) is 2.74. The topological polar surface area (TPSA) is 99.4 Å². The molecular formula is C13H20N4O3. The van der Waals surface area contributed by atoms with Crippen molar-refractivity contribution < 1.29 is 14.3 Å². The van der Waals surface area contributed by atoms with Gasteiger partial charge in [-0.25, -0.2) is 9.97 Å². The number of hydrogen-bond donors (Lipinski definition) is 2. The highest BCUT2D eigenvalue weighted by Crippen LogP contribution is 2.11. The lowest BCUT2D eigenvalue weighted by Crippen LogP contribution is -2.27. The Morgan fingerprint density at radius 2 is 2.35 bits per heavy atom. The van der Waals surface area contributed by atoms with Crippen LogP contribution in [0.3, 0.4) is 0 Å². The minimum Gasteiger partial charge on any atom is -0.382 e. The molecule has 1 atom stereocenters. The number of anilines is 1. The summed E-state index contributed by atoms with van der Waals surface area (Å²) in [5.41, 5.74) is 5.73. The third kappa shape index (κ3) is 4.43. The second-order valence-corrected chi connectivity index (χ2v) is 4.61. The monoisotopic (exact) mass is 280 g/mol. The highest BCUT2D eigenvalue weighted by molar-refractivity contribution is 5.96. The van der Waals surface area contributed by atoms with Gasteiger partial charge in [0.2, 0.25) is 0 Å². The minimum atomic E-state index is -0.310. The molecule has 1 aliphatic heterocycles. The first-order valence-corrected chi connectivity index (χ1v) is 6.81. The van der Waals surface area contributed by atoms with Crippen molar-refractivity contribution in [1.82, 2.24) is 15.3 Å². The Hall–Kier alpha value is -1.73. The average molecular weight is 280 g/mol. The van der Waals surface area contributed by atoms with E-state index in [9.17, 15) is 4.79 Å². The Morgan fingerprint density at radius 1 is 1.50 bits per heavy atom. The average Bonchev–Trinajstić information content (AvgIpc) is 2.96. The number of nitrogen functional groups attached to an aromatic ring is 1. The molecule has 0 radical (unpaired) electrons. The van der Waals surface area contributed by atoms with Gasteiger partial charge in [-0.15, -0.1) is 0 Å². The molecule has 0 aromatic carbocycles. The van der Waals surface area contributed by atoms with Gasteiger partial charge in [-0.1, -0.05) is 0 Å². The summed E-state index contributed by atoms with van der Waals surface area (Å²) in [6.07, 6.45) is 6.05. The number of carbonyl (C=O) groups excluding carboxylic acids is 1. The number of rotatable bonds is 7. The molecule has 1 aromatic rings. The lowest BCUT2D eigenvalue weighted by molar-refractivity contribution is 0.0166. The summed E-state index contributed by atoms with van der Waals surface area (Å²) in [6.45, 7) is 2.57. The Kier molecular flexibility index (Phi) is 5.69. The van der Waals surface area contributed by atoms with E-state index < -0.39 is 0 Å². The van der Waals surface area contributed by atoms with Crippen molar-refractivity contribution >= 4 is 11.7 Å². The summed E-state index contributed by atoms with van der Waals surface area (Å²) in [5.74, 6) is -0.172.